The number of ketones is 4. The van der Waals surface area contributed by atoms with Crippen molar-refractivity contribution in [2.45, 2.75) is 21.1 Å². The summed E-state index contributed by atoms with van der Waals surface area (Å²) in [5.74, 6) is -4.28. The van der Waals surface area contributed by atoms with Gasteiger partial charge >= 0.3 is 0 Å². The Morgan fingerprint density at radius 3 is 2.02 bits per heavy atom. The predicted molar refractivity (Wildman–Crippen MR) is 220 cm³/mol. The number of hydrogen-bond acceptors (Lipinski definition) is 15. The first kappa shape index (κ1) is 42.3. The minimum Gasteiger partial charge on any atom is -0.354 e. The highest BCUT2D eigenvalue weighted by Crippen LogP contribution is 2.46. The molecule has 2 aliphatic rings. The zero-order valence-electron chi connectivity index (χ0n) is 31.0. The van der Waals surface area contributed by atoms with Crippen molar-refractivity contribution in [3.8, 4) is 16.9 Å². The summed E-state index contributed by atoms with van der Waals surface area (Å²) in [6.45, 7) is 0. The number of hydrogen-bond donors (Lipinski definition) is 5. The van der Waals surface area contributed by atoms with Crippen LogP contribution in [0.4, 0.5) is 11.4 Å². The second-order valence-electron chi connectivity index (χ2n) is 13.8. The van der Waals surface area contributed by atoms with E-state index in [4.69, 9.17) is 9.22 Å². The number of nitrogens with one attached hydrogen (secondary N) is 2. The molecule has 0 radical (unpaired) electrons. The van der Waals surface area contributed by atoms with E-state index in [9.17, 15) is 62.9 Å². The van der Waals surface area contributed by atoms with Gasteiger partial charge in [0.15, 0.2) is 28.9 Å². The number of carbonyl (C=O) groups excluding carboxylic acids is 4. The Bertz CT molecular complexity index is 3390. The number of carbonyl (C=O) groups is 4. The van der Waals surface area contributed by atoms with E-state index in [0.29, 0.717) is 12.0 Å². The van der Waals surface area contributed by atoms with Crippen LogP contribution in [-0.4, -0.2) is 72.8 Å². The topological polar surface area (TPSA) is 295 Å². The molecule has 1 unspecified atom stereocenters. The molecule has 18 nitrogen and oxygen atoms in total. The molecule has 0 spiro atoms. The average Bonchev–Trinajstić information content (AvgIpc) is 3.45. The Morgan fingerprint density at radius 2 is 1.34 bits per heavy atom. The third kappa shape index (κ3) is 7.51. The van der Waals surface area contributed by atoms with Gasteiger partial charge in [0.25, 0.3) is 35.9 Å². The lowest BCUT2D eigenvalue weighted by Crippen LogP contribution is -2.25. The normalized spacial score (nSPS) is 14.8. The fourth-order valence-corrected chi connectivity index (χ4v) is 9.73. The molecular weight excluding hydrogens is 893 g/mol. The fourth-order valence-electron chi connectivity index (χ4n) is 7.39. The quantitative estimate of drug-likeness (QED) is 0.0181. The van der Waals surface area contributed by atoms with Gasteiger partial charge in [0.2, 0.25) is 0 Å². The van der Waals surface area contributed by atoms with Gasteiger partial charge in [0.05, 0.1) is 38.8 Å². The number of rotatable bonds is 13. The molecule has 0 aliphatic heterocycles. The van der Waals surface area contributed by atoms with Crippen molar-refractivity contribution in [2.24, 2.45) is 5.92 Å². The summed E-state index contributed by atoms with van der Waals surface area (Å²) in [6, 6.07) is 20.2. The molecule has 0 amide bonds. The largest absolute Gasteiger partial charge is 0.354 e. The lowest BCUT2D eigenvalue weighted by atomic mass is 9.80. The van der Waals surface area contributed by atoms with Crippen LogP contribution in [0, 0.1) is 5.92 Å². The summed E-state index contributed by atoms with van der Waals surface area (Å²) < 4.78 is 109. The maximum absolute atomic E-state index is 14.4. The second kappa shape index (κ2) is 15.5. The molecule has 5 N–H and O–H groups in total. The maximum Gasteiger partial charge on any atom is 0.296 e. The van der Waals surface area contributed by atoms with Crippen molar-refractivity contribution in [2.75, 3.05) is 11.1 Å². The maximum atomic E-state index is 14.4. The summed E-state index contributed by atoms with van der Waals surface area (Å²) in [6.07, 6.45) is -0.0972. The fraction of sp³-hybridized carbons (Fsp3) is 0.0750. The number of H-pyrrole nitrogens is 1. The van der Waals surface area contributed by atoms with E-state index in [-0.39, 0.29) is 62.3 Å². The molecule has 0 fully saturated rings. The van der Waals surface area contributed by atoms with E-state index < -0.39 is 102 Å². The van der Waals surface area contributed by atoms with Crippen LogP contribution in [0.25, 0.3) is 22.0 Å². The second-order valence-corrected chi connectivity index (χ2v) is 18.8. The highest BCUT2D eigenvalue weighted by atomic mass is 32.2. The Kier molecular flexibility index (Phi) is 10.6. The molecule has 6 aromatic rings. The first-order chi connectivity index (χ1) is 29.3. The van der Waals surface area contributed by atoms with Gasteiger partial charge in [-0.25, -0.2) is 0 Å². The molecule has 2 aliphatic carbocycles. The van der Waals surface area contributed by atoms with Crippen molar-refractivity contribution in [1.29, 1.82) is 0 Å². The summed E-state index contributed by atoms with van der Waals surface area (Å²) in [4.78, 5) is 73.3. The SMILES string of the molecule is O=C(c1ccccc1)c1c2c3c(c(Nc4cc(OOSCCC5C(=O)c6ccc(S(=O)(=O)O)cc6C5=O)ccc4S(=O)(=O)O)cc(S(=O)(=O)O)c3[nH]c1=O)C(=O)c1ccccc1-2. The van der Waals surface area contributed by atoms with Crippen molar-refractivity contribution in [3.05, 3.63) is 141 Å². The Labute approximate surface area is 354 Å². The average molecular weight is 919 g/mol. The van der Waals surface area contributed by atoms with E-state index in [1.807, 2.05) is 0 Å². The third-order valence-corrected chi connectivity index (χ3v) is 13.3. The van der Waals surface area contributed by atoms with Crippen molar-refractivity contribution in [3.63, 3.8) is 0 Å². The Morgan fingerprint density at radius 1 is 0.677 bits per heavy atom. The van der Waals surface area contributed by atoms with Crippen LogP contribution < -0.4 is 15.8 Å². The van der Waals surface area contributed by atoms with Crippen molar-refractivity contribution in [1.82, 2.24) is 4.98 Å². The highest BCUT2D eigenvalue weighted by Gasteiger charge is 2.39. The zero-order valence-corrected chi connectivity index (χ0v) is 34.3. The van der Waals surface area contributed by atoms with E-state index in [1.54, 1.807) is 18.2 Å². The van der Waals surface area contributed by atoms with Crippen LogP contribution in [0.15, 0.2) is 117 Å². The third-order valence-electron chi connectivity index (χ3n) is 10.1. The molecule has 62 heavy (non-hydrogen) atoms. The molecule has 0 saturated carbocycles. The Balaban J connectivity index is 1.15. The van der Waals surface area contributed by atoms with Crippen LogP contribution in [0.5, 0.6) is 5.75 Å². The molecule has 0 bridgehead atoms. The molecule has 1 heterocycles. The lowest BCUT2D eigenvalue weighted by Gasteiger charge is -2.25. The summed E-state index contributed by atoms with van der Waals surface area (Å²) in [5.41, 5.74) is -3.58. The van der Waals surface area contributed by atoms with E-state index in [2.05, 4.69) is 10.3 Å². The molecule has 8 rings (SSSR count). The predicted octanol–water partition coefficient (Wildman–Crippen LogP) is 5.50. The van der Waals surface area contributed by atoms with E-state index in [0.717, 1.165) is 42.5 Å². The van der Waals surface area contributed by atoms with Crippen molar-refractivity contribution >= 4 is 87.8 Å². The van der Waals surface area contributed by atoms with Gasteiger partial charge in [-0.3, -0.25) is 37.6 Å². The standard InChI is InChI=1S/C40H26N2O16S4/c43-36(19-6-2-1-3-7-19)34-31-22-8-4-5-9-23(22)39(46)32-28(18-30(62(54,55)56)35(33(31)32)42-40(34)47)41-27-16-20(10-13-29(27)61(51,52)53)57-58-59-15-14-25-37(44)24-12-11-21(60(48,49)50)17-26(24)38(25)45/h1-13,16-18,25,41H,14-15H2,(H,42,47)(H,48,49,50)(H,51,52,53)(H,54,55,56). The number of aromatic nitrogens is 1. The van der Waals surface area contributed by atoms with Gasteiger partial charge in [0.1, 0.15) is 9.79 Å². The molecule has 316 valence electrons. The van der Waals surface area contributed by atoms with Crippen LogP contribution >= 0.6 is 12.0 Å². The first-order valence-electron chi connectivity index (χ1n) is 17.8. The Hall–Kier alpha value is -6.37. The van der Waals surface area contributed by atoms with Gasteiger partial charge in [-0.1, -0.05) is 54.6 Å². The molecule has 1 atom stereocenters. The smallest absolute Gasteiger partial charge is 0.296 e. The minimum atomic E-state index is -5.26. The summed E-state index contributed by atoms with van der Waals surface area (Å²) in [7, 11) is -15.0. The number of aromatic amines is 1. The van der Waals surface area contributed by atoms with Gasteiger partial charge in [-0.05, 0) is 48.4 Å². The minimum absolute atomic E-state index is 0.0191. The van der Waals surface area contributed by atoms with E-state index >= 15 is 0 Å². The molecule has 5 aromatic carbocycles. The van der Waals surface area contributed by atoms with Gasteiger partial charge in [0, 0.05) is 57.1 Å². The zero-order chi connectivity index (χ0) is 44.5. The summed E-state index contributed by atoms with van der Waals surface area (Å²) >= 11 is 0.617. The van der Waals surface area contributed by atoms with Crippen LogP contribution in [0.3, 0.4) is 0 Å². The number of fused-ring (bicyclic) bond motifs is 3. The molecule has 0 saturated heterocycles. The lowest BCUT2D eigenvalue weighted by molar-refractivity contribution is -0.0777. The number of pyridine rings is 1. The van der Waals surface area contributed by atoms with E-state index in [1.165, 1.54) is 36.4 Å². The summed E-state index contributed by atoms with van der Waals surface area (Å²) in [5, 5.41) is 2.36. The molecule has 1 aromatic heterocycles. The highest BCUT2D eigenvalue weighted by molar-refractivity contribution is 7.94. The van der Waals surface area contributed by atoms with Gasteiger partial charge in [-0.2, -0.15) is 25.3 Å². The van der Waals surface area contributed by atoms with Crippen LogP contribution in [-0.2, 0) is 34.7 Å². The van der Waals surface area contributed by atoms with Gasteiger partial charge < -0.3 is 15.2 Å². The molecule has 22 heteroatoms. The number of Topliss-reactive ketones (excluding diaryl/α,β-unsaturated/α-hetero) is 2. The number of benzene rings is 5. The first-order valence-corrected chi connectivity index (χ1v) is 23.0. The van der Waals surface area contributed by atoms with Crippen LogP contribution in [0.2, 0.25) is 0 Å². The molecular formula is C40H26N2O16S4. The van der Waals surface area contributed by atoms with Crippen molar-refractivity contribution < 1.29 is 67.3 Å². The van der Waals surface area contributed by atoms with Crippen LogP contribution in [0.1, 0.15) is 59.0 Å². The number of anilines is 2. The van der Waals surface area contributed by atoms with Gasteiger partial charge in [-0.15, -0.1) is 4.33 Å². The monoisotopic (exact) mass is 918 g/mol.